The standard InChI is InChI=1S/C45H45N3O9S/c1-26(2)55-40-23-28(22-39(54-7)42(40)56-27(3)4)21-35-41(31-15-17-36-37(24-31)47-58-46-36)43(49)57-45(35,34-25-32(52-5)16-18-38(34)53-6)48(44(50)51)20-19-30-13-10-12-29-11-8-9-14-33(29)30/h8-18,22-27H,19-21H2,1-7H3,(H,50,51). The predicted octanol–water partition coefficient (Wildman–Crippen LogP) is 9.07. The van der Waals surface area contributed by atoms with E-state index < -0.39 is 17.8 Å². The molecule has 13 heteroatoms. The SMILES string of the molecule is COc1ccc(OC)c(C2(N(CCc3cccc4ccccc34)C(=O)O)OC(=O)C(c3ccc4nsnc4c3)=C2Cc2cc(OC)c(OC(C)C)c(OC(C)C)c2)c1. The van der Waals surface area contributed by atoms with E-state index in [-0.39, 0.29) is 42.1 Å². The minimum atomic E-state index is -2.07. The van der Waals surface area contributed by atoms with Crippen molar-refractivity contribution < 1.29 is 43.1 Å². The number of aromatic nitrogens is 2. The number of carboxylic acid groups (broad SMARTS) is 1. The summed E-state index contributed by atoms with van der Waals surface area (Å²) in [6, 6.07) is 27.9. The van der Waals surface area contributed by atoms with Crippen LogP contribution in [0, 0.1) is 0 Å². The monoisotopic (exact) mass is 803 g/mol. The fraction of sp³-hybridized carbons (Fsp3) is 0.289. The highest BCUT2D eigenvalue weighted by Gasteiger charge is 2.57. The third-order valence-corrected chi connectivity index (χ3v) is 10.5. The molecule has 12 nitrogen and oxygen atoms in total. The molecule has 58 heavy (non-hydrogen) atoms. The number of carbonyl (C=O) groups excluding carboxylic acids is 1. The molecule has 0 radical (unpaired) electrons. The molecule has 0 spiro atoms. The Morgan fingerprint density at radius 1 is 0.810 bits per heavy atom. The fourth-order valence-corrected chi connectivity index (χ4v) is 8.07. The molecule has 6 aromatic rings. The first kappa shape index (κ1) is 39.9. The summed E-state index contributed by atoms with van der Waals surface area (Å²) in [4.78, 5) is 30.0. The quantitative estimate of drug-likeness (QED) is 0.0995. The second-order valence-electron chi connectivity index (χ2n) is 14.4. The third kappa shape index (κ3) is 7.57. The number of carbonyl (C=O) groups is 2. The average molecular weight is 804 g/mol. The maximum atomic E-state index is 14.8. The summed E-state index contributed by atoms with van der Waals surface area (Å²) in [6.07, 6.45) is -1.45. The van der Waals surface area contributed by atoms with Crippen molar-refractivity contribution in [2.24, 2.45) is 0 Å². The Balaban J connectivity index is 1.52. The Hall–Kier alpha value is -6.34. The van der Waals surface area contributed by atoms with Crippen LogP contribution in [0.1, 0.15) is 49.9 Å². The zero-order valence-corrected chi connectivity index (χ0v) is 34.2. The Bertz CT molecular complexity index is 2530. The fourth-order valence-electron chi connectivity index (χ4n) is 7.55. The second-order valence-corrected chi connectivity index (χ2v) is 14.9. The number of ether oxygens (including phenoxy) is 6. The van der Waals surface area contributed by atoms with E-state index in [1.807, 2.05) is 76.2 Å². The van der Waals surface area contributed by atoms with E-state index in [1.54, 1.807) is 49.6 Å². The molecular formula is C45H45N3O9S. The van der Waals surface area contributed by atoms with Crippen molar-refractivity contribution in [3.8, 4) is 28.7 Å². The number of nitrogens with zero attached hydrogens (tertiary/aromatic N) is 3. The second kappa shape index (κ2) is 16.6. The lowest BCUT2D eigenvalue weighted by atomic mass is 9.84. The van der Waals surface area contributed by atoms with Gasteiger partial charge in [0.2, 0.25) is 11.5 Å². The number of hydrogen-bond acceptors (Lipinski definition) is 11. The van der Waals surface area contributed by atoms with Gasteiger partial charge in [0.15, 0.2) is 11.5 Å². The van der Waals surface area contributed by atoms with Crippen LogP contribution >= 0.6 is 11.7 Å². The van der Waals surface area contributed by atoms with E-state index in [0.717, 1.165) is 28.1 Å². The summed E-state index contributed by atoms with van der Waals surface area (Å²) in [5.41, 5.74) is 1.97. The van der Waals surface area contributed by atoms with Crippen LogP contribution in [0.25, 0.3) is 27.4 Å². The van der Waals surface area contributed by atoms with Crippen molar-refractivity contribution in [3.63, 3.8) is 0 Å². The van der Waals surface area contributed by atoms with Crippen LogP contribution in [0.4, 0.5) is 4.79 Å². The summed E-state index contributed by atoms with van der Waals surface area (Å²) in [5.74, 6) is 1.20. The lowest BCUT2D eigenvalue weighted by molar-refractivity contribution is -0.162. The van der Waals surface area contributed by atoms with Gasteiger partial charge in [-0.2, -0.15) is 8.75 Å². The van der Waals surface area contributed by atoms with Crippen molar-refractivity contribution in [3.05, 3.63) is 119 Å². The molecule has 7 rings (SSSR count). The van der Waals surface area contributed by atoms with Gasteiger partial charge in [0, 0.05) is 18.5 Å². The number of methoxy groups -OCH3 is 3. The van der Waals surface area contributed by atoms with Crippen molar-refractivity contribution in [2.75, 3.05) is 27.9 Å². The van der Waals surface area contributed by atoms with Gasteiger partial charge in [-0.05, 0) is 104 Å². The Morgan fingerprint density at radius 3 is 2.26 bits per heavy atom. The van der Waals surface area contributed by atoms with Gasteiger partial charge < -0.3 is 33.5 Å². The van der Waals surface area contributed by atoms with Crippen molar-refractivity contribution in [1.82, 2.24) is 13.6 Å². The molecule has 1 unspecified atom stereocenters. The molecule has 1 aliphatic rings. The van der Waals surface area contributed by atoms with Crippen LogP contribution in [-0.2, 0) is 28.1 Å². The largest absolute Gasteiger partial charge is 0.497 e. The molecular weight excluding hydrogens is 759 g/mol. The van der Waals surface area contributed by atoms with Crippen molar-refractivity contribution in [1.29, 1.82) is 0 Å². The number of fused-ring (bicyclic) bond motifs is 2. The molecule has 0 bridgehead atoms. The van der Waals surface area contributed by atoms with Gasteiger partial charge in [0.1, 0.15) is 22.5 Å². The zero-order chi connectivity index (χ0) is 41.1. The highest BCUT2D eigenvalue weighted by atomic mass is 32.1. The summed E-state index contributed by atoms with van der Waals surface area (Å²) >= 11 is 1.06. The maximum Gasteiger partial charge on any atom is 0.410 e. The zero-order valence-electron chi connectivity index (χ0n) is 33.4. The van der Waals surface area contributed by atoms with Gasteiger partial charge in [-0.15, -0.1) is 0 Å². The highest BCUT2D eigenvalue weighted by Crippen LogP contribution is 2.53. The molecule has 300 valence electrons. The summed E-state index contributed by atoms with van der Waals surface area (Å²) in [5, 5.41) is 13.4. The van der Waals surface area contributed by atoms with Crippen LogP contribution in [-0.4, -0.2) is 70.9 Å². The molecule has 0 fully saturated rings. The average Bonchev–Trinajstić information content (AvgIpc) is 3.79. The molecule has 0 aliphatic carbocycles. The van der Waals surface area contributed by atoms with E-state index >= 15 is 0 Å². The molecule has 2 heterocycles. The minimum Gasteiger partial charge on any atom is -0.497 e. The van der Waals surface area contributed by atoms with E-state index in [9.17, 15) is 14.7 Å². The predicted molar refractivity (Wildman–Crippen MR) is 222 cm³/mol. The van der Waals surface area contributed by atoms with Crippen molar-refractivity contribution in [2.45, 2.75) is 58.5 Å². The first-order chi connectivity index (χ1) is 28.0. The molecule has 0 saturated carbocycles. The van der Waals surface area contributed by atoms with Gasteiger partial charge >= 0.3 is 12.1 Å². The molecule has 0 saturated heterocycles. The molecule has 1 atom stereocenters. The first-order valence-corrected chi connectivity index (χ1v) is 19.6. The van der Waals surface area contributed by atoms with E-state index in [0.29, 0.717) is 57.2 Å². The Labute approximate surface area is 340 Å². The number of amides is 1. The molecule has 1 aliphatic heterocycles. The molecule has 5 aromatic carbocycles. The van der Waals surface area contributed by atoms with Gasteiger partial charge in [-0.25, -0.2) is 9.59 Å². The van der Waals surface area contributed by atoms with Crippen molar-refractivity contribution >= 4 is 51.2 Å². The van der Waals surface area contributed by atoms with Gasteiger partial charge in [-0.3, -0.25) is 4.90 Å². The van der Waals surface area contributed by atoms with E-state index in [1.165, 1.54) is 19.1 Å². The van der Waals surface area contributed by atoms with Crippen LogP contribution in [0.5, 0.6) is 28.7 Å². The number of hydrogen-bond donors (Lipinski definition) is 1. The lowest BCUT2D eigenvalue weighted by Crippen LogP contribution is -2.52. The molecule has 1 amide bonds. The summed E-state index contributed by atoms with van der Waals surface area (Å²) in [6.45, 7) is 7.57. The summed E-state index contributed by atoms with van der Waals surface area (Å²) in [7, 11) is 4.54. The number of benzene rings is 5. The van der Waals surface area contributed by atoms with Crippen LogP contribution in [0.15, 0.2) is 96.6 Å². The van der Waals surface area contributed by atoms with E-state index in [4.69, 9.17) is 28.4 Å². The van der Waals surface area contributed by atoms with Crippen LogP contribution in [0.2, 0.25) is 0 Å². The molecule has 1 aromatic heterocycles. The van der Waals surface area contributed by atoms with Crippen LogP contribution in [0.3, 0.4) is 0 Å². The number of rotatable bonds is 15. The number of esters is 1. The maximum absolute atomic E-state index is 14.8. The van der Waals surface area contributed by atoms with Crippen LogP contribution < -0.4 is 23.7 Å². The Morgan fingerprint density at radius 2 is 1.53 bits per heavy atom. The Kier molecular flexibility index (Phi) is 11.4. The van der Waals surface area contributed by atoms with Gasteiger partial charge in [0.05, 0.1) is 56.4 Å². The first-order valence-electron chi connectivity index (χ1n) is 18.9. The number of cyclic esters (lactones) is 1. The summed E-state index contributed by atoms with van der Waals surface area (Å²) < 4.78 is 45.5. The topological polar surface area (TPSA) is 139 Å². The van der Waals surface area contributed by atoms with Gasteiger partial charge in [0.25, 0.3) is 0 Å². The third-order valence-electron chi connectivity index (χ3n) is 9.96. The lowest BCUT2D eigenvalue weighted by Gasteiger charge is -2.41. The van der Waals surface area contributed by atoms with Gasteiger partial charge in [-0.1, -0.05) is 48.5 Å². The normalized spacial score (nSPS) is 15.3. The van der Waals surface area contributed by atoms with E-state index in [2.05, 4.69) is 8.75 Å². The minimum absolute atomic E-state index is 0.000385. The highest BCUT2D eigenvalue weighted by molar-refractivity contribution is 7.00. The smallest absolute Gasteiger partial charge is 0.410 e. The molecule has 1 N–H and O–H groups in total.